The van der Waals surface area contributed by atoms with Crippen molar-refractivity contribution in [3.05, 3.63) is 42.6 Å². The Balaban J connectivity index is 2.51. The molecule has 0 spiro atoms. The van der Waals surface area contributed by atoms with Crippen molar-refractivity contribution in [3.63, 3.8) is 0 Å². The number of hydrogen-bond donors (Lipinski definition) is 0. The second kappa shape index (κ2) is 3.50. The summed E-state index contributed by atoms with van der Waals surface area (Å²) in [6.07, 6.45) is 5.50. The second-order valence-corrected chi connectivity index (χ2v) is 4.59. The highest BCUT2D eigenvalue weighted by Gasteiger charge is 2.19. The van der Waals surface area contributed by atoms with E-state index < -0.39 is 0 Å². The lowest BCUT2D eigenvalue weighted by atomic mass is 9.92. The zero-order valence-electron chi connectivity index (χ0n) is 9.31. The summed E-state index contributed by atoms with van der Waals surface area (Å²) in [4.78, 5) is 8.51. The van der Waals surface area contributed by atoms with Crippen LogP contribution in [0.15, 0.2) is 36.9 Å². The van der Waals surface area contributed by atoms with Gasteiger partial charge in [0.1, 0.15) is 12.1 Å². The summed E-state index contributed by atoms with van der Waals surface area (Å²) in [5, 5.41) is 0. The van der Waals surface area contributed by atoms with Crippen LogP contribution in [0.5, 0.6) is 0 Å². The molecule has 78 valence electrons. The Morgan fingerprint density at radius 3 is 2.60 bits per heavy atom. The number of nitrogens with zero attached hydrogens (tertiary/aromatic N) is 3. The van der Waals surface area contributed by atoms with Gasteiger partial charge in [0, 0.05) is 23.5 Å². The smallest absolute Gasteiger partial charge is 0.138 e. The molecular formula is C12H15N3. The van der Waals surface area contributed by atoms with Gasteiger partial charge in [0.25, 0.3) is 0 Å². The highest BCUT2D eigenvalue weighted by molar-refractivity contribution is 5.27. The van der Waals surface area contributed by atoms with Crippen molar-refractivity contribution in [2.75, 3.05) is 0 Å². The summed E-state index contributed by atoms with van der Waals surface area (Å²) in [5.41, 5.74) is 1.25. The van der Waals surface area contributed by atoms with Crippen LogP contribution >= 0.6 is 0 Å². The third kappa shape index (κ3) is 1.91. The van der Waals surface area contributed by atoms with Gasteiger partial charge in [-0.2, -0.15) is 0 Å². The molecule has 0 fully saturated rings. The number of pyridine rings is 1. The maximum Gasteiger partial charge on any atom is 0.138 e. The molecule has 2 rings (SSSR count). The van der Waals surface area contributed by atoms with Gasteiger partial charge < -0.3 is 0 Å². The zero-order chi connectivity index (χ0) is 10.9. The van der Waals surface area contributed by atoms with Gasteiger partial charge in [-0.3, -0.25) is 4.57 Å². The van der Waals surface area contributed by atoms with Gasteiger partial charge in [-0.25, -0.2) is 9.97 Å². The van der Waals surface area contributed by atoms with Crippen LogP contribution in [-0.2, 0) is 5.41 Å². The third-order valence-electron chi connectivity index (χ3n) is 2.30. The van der Waals surface area contributed by atoms with Crippen LogP contribution in [0.3, 0.4) is 0 Å². The summed E-state index contributed by atoms with van der Waals surface area (Å²) in [5.74, 6) is 0.917. The first-order chi connectivity index (χ1) is 7.09. The molecule has 3 heteroatoms. The number of aromatic nitrogens is 3. The van der Waals surface area contributed by atoms with E-state index in [1.54, 1.807) is 6.20 Å². The Hall–Kier alpha value is -1.64. The molecule has 0 bridgehead atoms. The van der Waals surface area contributed by atoms with Gasteiger partial charge in [0.15, 0.2) is 0 Å². The average Bonchev–Trinajstić information content (AvgIpc) is 2.67. The van der Waals surface area contributed by atoms with Crippen LogP contribution in [0.2, 0.25) is 0 Å². The predicted molar refractivity (Wildman–Crippen MR) is 60.1 cm³/mol. The first-order valence-electron chi connectivity index (χ1n) is 5.03. The van der Waals surface area contributed by atoms with Crippen LogP contribution in [0, 0.1) is 0 Å². The standard InChI is InChI=1S/C12H15N3/c1-12(2,3)10-8-13-9-15(10)11-6-4-5-7-14-11/h4-9H,1-3H3. The molecule has 0 radical (unpaired) electrons. The average molecular weight is 201 g/mol. The Kier molecular flexibility index (Phi) is 2.31. The van der Waals surface area contributed by atoms with E-state index in [-0.39, 0.29) is 5.41 Å². The van der Waals surface area contributed by atoms with Gasteiger partial charge in [0.2, 0.25) is 0 Å². The van der Waals surface area contributed by atoms with Gasteiger partial charge in [-0.1, -0.05) is 26.8 Å². The first kappa shape index (κ1) is 9.90. The second-order valence-electron chi connectivity index (χ2n) is 4.59. The van der Waals surface area contributed by atoms with E-state index in [9.17, 15) is 0 Å². The fourth-order valence-corrected chi connectivity index (χ4v) is 1.53. The molecule has 0 aliphatic heterocycles. The van der Waals surface area contributed by atoms with Crippen LogP contribution < -0.4 is 0 Å². The topological polar surface area (TPSA) is 30.7 Å². The van der Waals surface area contributed by atoms with Crippen molar-refractivity contribution in [1.82, 2.24) is 14.5 Å². The van der Waals surface area contributed by atoms with Crippen molar-refractivity contribution in [1.29, 1.82) is 0 Å². The molecule has 15 heavy (non-hydrogen) atoms. The van der Waals surface area contributed by atoms with Gasteiger partial charge in [-0.15, -0.1) is 0 Å². The SMILES string of the molecule is CC(C)(C)c1cncn1-c1ccccn1. The number of rotatable bonds is 1. The van der Waals surface area contributed by atoms with E-state index in [0.717, 1.165) is 5.82 Å². The van der Waals surface area contributed by atoms with Crippen molar-refractivity contribution >= 4 is 0 Å². The lowest BCUT2D eigenvalue weighted by Crippen LogP contribution is -2.16. The van der Waals surface area contributed by atoms with Gasteiger partial charge >= 0.3 is 0 Å². The van der Waals surface area contributed by atoms with E-state index in [2.05, 4.69) is 30.7 Å². The van der Waals surface area contributed by atoms with Gasteiger partial charge in [0.05, 0.1) is 0 Å². The minimum absolute atomic E-state index is 0.0774. The molecule has 3 nitrogen and oxygen atoms in total. The molecule has 0 saturated carbocycles. The largest absolute Gasteiger partial charge is 0.287 e. The summed E-state index contributed by atoms with van der Waals surface area (Å²) >= 11 is 0. The van der Waals surface area contributed by atoms with Crippen LogP contribution in [0.1, 0.15) is 26.5 Å². The number of hydrogen-bond acceptors (Lipinski definition) is 2. The molecule has 0 aromatic carbocycles. The Bertz CT molecular complexity index is 437. The molecule has 0 unspecified atom stereocenters. The highest BCUT2D eigenvalue weighted by atomic mass is 15.1. The normalized spacial score (nSPS) is 11.7. The summed E-state index contributed by atoms with van der Waals surface area (Å²) < 4.78 is 2.03. The third-order valence-corrected chi connectivity index (χ3v) is 2.30. The van der Waals surface area contributed by atoms with Crippen LogP contribution in [0.4, 0.5) is 0 Å². The highest BCUT2D eigenvalue weighted by Crippen LogP contribution is 2.23. The quantitative estimate of drug-likeness (QED) is 0.710. The van der Waals surface area contributed by atoms with Crippen molar-refractivity contribution < 1.29 is 0 Å². The molecule has 2 aromatic heterocycles. The summed E-state index contributed by atoms with van der Waals surface area (Å²) in [6.45, 7) is 6.51. The molecule has 2 heterocycles. The molecule has 0 saturated heterocycles. The molecule has 0 N–H and O–H groups in total. The van der Waals surface area contributed by atoms with Crippen molar-refractivity contribution in [2.45, 2.75) is 26.2 Å². The lowest BCUT2D eigenvalue weighted by Gasteiger charge is -2.19. The molecule has 0 aliphatic rings. The number of imidazole rings is 1. The minimum Gasteiger partial charge on any atom is -0.287 e. The zero-order valence-corrected chi connectivity index (χ0v) is 9.31. The molecule has 0 atom stereocenters. The maximum atomic E-state index is 4.32. The van der Waals surface area contributed by atoms with E-state index in [1.165, 1.54) is 5.69 Å². The Morgan fingerprint density at radius 2 is 2.00 bits per heavy atom. The molecule has 0 amide bonds. The van der Waals surface area contributed by atoms with Crippen molar-refractivity contribution in [3.8, 4) is 5.82 Å². The van der Waals surface area contributed by atoms with E-state index in [1.807, 2.05) is 35.3 Å². The predicted octanol–water partition coefficient (Wildman–Crippen LogP) is 2.56. The fraction of sp³-hybridized carbons (Fsp3) is 0.333. The monoisotopic (exact) mass is 201 g/mol. The maximum absolute atomic E-state index is 4.32. The van der Waals surface area contributed by atoms with Crippen molar-refractivity contribution in [2.24, 2.45) is 0 Å². The van der Waals surface area contributed by atoms with E-state index in [0.29, 0.717) is 0 Å². The summed E-state index contributed by atoms with van der Waals surface area (Å²) in [7, 11) is 0. The molecular weight excluding hydrogens is 186 g/mol. The minimum atomic E-state index is 0.0774. The van der Waals surface area contributed by atoms with Crippen LogP contribution in [-0.4, -0.2) is 14.5 Å². The fourth-order valence-electron chi connectivity index (χ4n) is 1.53. The first-order valence-corrected chi connectivity index (χ1v) is 5.03. The lowest BCUT2D eigenvalue weighted by molar-refractivity contribution is 0.555. The Morgan fingerprint density at radius 1 is 1.20 bits per heavy atom. The van der Waals surface area contributed by atoms with Crippen LogP contribution in [0.25, 0.3) is 5.82 Å². The van der Waals surface area contributed by atoms with E-state index in [4.69, 9.17) is 0 Å². The molecule has 0 aliphatic carbocycles. The summed E-state index contributed by atoms with van der Waals surface area (Å²) in [6, 6.07) is 5.88. The Labute approximate surface area is 89.8 Å². The van der Waals surface area contributed by atoms with E-state index >= 15 is 0 Å². The molecule has 2 aromatic rings. The van der Waals surface area contributed by atoms with Gasteiger partial charge in [-0.05, 0) is 12.1 Å².